The van der Waals surface area contributed by atoms with Crippen molar-refractivity contribution in [2.24, 2.45) is 0 Å². The van der Waals surface area contributed by atoms with Gasteiger partial charge in [-0.25, -0.2) is 4.39 Å². The van der Waals surface area contributed by atoms with E-state index in [2.05, 4.69) is 5.32 Å². The summed E-state index contributed by atoms with van der Waals surface area (Å²) >= 11 is -1.73. The van der Waals surface area contributed by atoms with E-state index in [1.807, 2.05) is 0 Å². The molecular weight excluding hydrogens is 511 g/mol. The minimum atomic E-state index is -4.95. The van der Waals surface area contributed by atoms with Gasteiger partial charge in [-0.15, -0.1) is 0 Å². The molecule has 1 amide bonds. The van der Waals surface area contributed by atoms with Gasteiger partial charge in [0.2, 0.25) is 0 Å². The van der Waals surface area contributed by atoms with E-state index in [4.69, 9.17) is 0 Å². The quantitative estimate of drug-likeness (QED) is 0.285. The third-order valence-corrected chi connectivity index (χ3v) is 7.62. The lowest BCUT2D eigenvalue weighted by molar-refractivity contribution is -0.138. The molecule has 11 heteroatoms. The largest absolute Gasteiger partial charge is 0.611 e. The highest BCUT2D eigenvalue weighted by Gasteiger charge is 2.37. The number of benzene rings is 3. The van der Waals surface area contributed by atoms with Crippen molar-refractivity contribution in [3.05, 3.63) is 94.3 Å². The predicted octanol–water partition coefficient (Wildman–Crippen LogP) is 7.30. The first-order valence-corrected chi connectivity index (χ1v) is 12.0. The van der Waals surface area contributed by atoms with Crippen LogP contribution in [0, 0.1) is 5.82 Å². The zero-order chi connectivity index (χ0) is 26.3. The average molecular weight is 529 g/mol. The summed E-state index contributed by atoms with van der Waals surface area (Å²) in [7, 11) is 0. The fourth-order valence-corrected chi connectivity index (χ4v) is 5.75. The summed E-state index contributed by atoms with van der Waals surface area (Å²) in [5, 5.41) is 1.67. The Labute approximate surface area is 204 Å². The topological polar surface area (TPSA) is 52.2 Å². The summed E-state index contributed by atoms with van der Waals surface area (Å²) in [5.41, 5.74) is -2.00. The van der Waals surface area contributed by atoms with Crippen LogP contribution in [-0.2, 0) is 29.9 Å². The second-order valence-corrected chi connectivity index (χ2v) is 9.86. The summed E-state index contributed by atoms with van der Waals surface area (Å²) in [6.07, 6.45) is -7.75. The van der Waals surface area contributed by atoms with E-state index in [9.17, 15) is 40.1 Å². The summed E-state index contributed by atoms with van der Waals surface area (Å²) in [5.74, 6) is -2.63. The van der Waals surface area contributed by atoms with Crippen molar-refractivity contribution in [1.82, 2.24) is 0 Å². The number of hydrogen-bond acceptors (Lipinski definition) is 2. The lowest BCUT2D eigenvalue weighted by Gasteiger charge is -2.28. The number of anilines is 1. The molecule has 3 nitrogen and oxygen atoms in total. The molecule has 0 aromatic heterocycles. The van der Waals surface area contributed by atoms with Crippen molar-refractivity contribution in [2.45, 2.75) is 41.8 Å². The van der Waals surface area contributed by atoms with Crippen molar-refractivity contribution in [3.63, 3.8) is 0 Å². The van der Waals surface area contributed by atoms with E-state index in [-0.39, 0.29) is 10.6 Å². The molecule has 4 rings (SSSR count). The number of nitrogens with one attached hydrogen (secondary N) is 1. The van der Waals surface area contributed by atoms with Crippen LogP contribution in [0.4, 0.5) is 36.4 Å². The fourth-order valence-electron chi connectivity index (χ4n) is 4.18. The summed E-state index contributed by atoms with van der Waals surface area (Å²) in [6, 6.07) is 10.8. The van der Waals surface area contributed by atoms with Gasteiger partial charge in [0, 0.05) is 17.7 Å². The number of hydrogen-bond donors (Lipinski definition) is 1. The molecule has 1 aliphatic carbocycles. The number of rotatable bonds is 4. The molecule has 3 aromatic carbocycles. The van der Waals surface area contributed by atoms with Crippen molar-refractivity contribution in [1.29, 1.82) is 0 Å². The average Bonchev–Trinajstić information content (AvgIpc) is 2.82. The highest BCUT2D eigenvalue weighted by atomic mass is 32.2. The number of fused-ring (bicyclic) bond motifs is 1. The smallest absolute Gasteiger partial charge is 0.417 e. The second kappa shape index (κ2) is 9.78. The van der Waals surface area contributed by atoms with Gasteiger partial charge in [0.05, 0.1) is 16.7 Å². The standard InChI is InChI=1S/C25H18F7NO2S/c26-20-5-2-4-19(25(30,31)32)22(20)23(34)33-16-10-7-14-3-1-6-21(18(14)13-16)36(35)17-11-8-15(9-12-17)24(27,28)29/h2,4-5,7-13,21H,1,3,6H2,(H,33,34). The maximum Gasteiger partial charge on any atom is 0.417 e. The Balaban J connectivity index is 1.62. The normalized spacial score (nSPS) is 16.8. The van der Waals surface area contributed by atoms with Gasteiger partial charge in [-0.1, -0.05) is 12.1 Å². The first kappa shape index (κ1) is 26.0. The third kappa shape index (κ3) is 5.36. The summed E-state index contributed by atoms with van der Waals surface area (Å²) in [6.45, 7) is 0. The van der Waals surface area contributed by atoms with Crippen molar-refractivity contribution < 1.29 is 40.1 Å². The fraction of sp³-hybridized carbons (Fsp3) is 0.240. The Kier molecular flexibility index (Phi) is 7.07. The Bertz CT molecular complexity index is 1270. The van der Waals surface area contributed by atoms with Crippen LogP contribution in [-0.4, -0.2) is 10.5 Å². The molecule has 36 heavy (non-hydrogen) atoms. The molecule has 0 radical (unpaired) electrons. The highest BCUT2D eigenvalue weighted by molar-refractivity contribution is 7.91. The molecule has 0 saturated carbocycles. The van der Waals surface area contributed by atoms with Crippen LogP contribution < -0.4 is 5.32 Å². The van der Waals surface area contributed by atoms with Crippen molar-refractivity contribution >= 4 is 22.8 Å². The van der Waals surface area contributed by atoms with E-state index in [0.29, 0.717) is 30.9 Å². The van der Waals surface area contributed by atoms with Gasteiger partial charge in [-0.2, -0.15) is 26.3 Å². The molecule has 2 unspecified atom stereocenters. The maximum atomic E-state index is 14.2. The lowest BCUT2D eigenvalue weighted by Crippen LogP contribution is -2.22. The number of aryl methyl sites for hydroxylation is 1. The van der Waals surface area contributed by atoms with Crippen molar-refractivity contribution in [3.8, 4) is 0 Å². The van der Waals surface area contributed by atoms with E-state index < -0.39 is 57.2 Å². The van der Waals surface area contributed by atoms with Crippen LogP contribution in [0.1, 0.15) is 50.7 Å². The van der Waals surface area contributed by atoms with Gasteiger partial charge < -0.3 is 9.87 Å². The molecule has 0 saturated heterocycles. The molecule has 0 bridgehead atoms. The van der Waals surface area contributed by atoms with Crippen LogP contribution in [0.2, 0.25) is 0 Å². The Morgan fingerprint density at radius 3 is 2.28 bits per heavy atom. The van der Waals surface area contributed by atoms with E-state index >= 15 is 0 Å². The SMILES string of the molecule is O=C(Nc1ccc2c(c1)C([S+]([O-])c1ccc(C(F)(F)F)cc1)CCC2)c1c(F)cccc1C(F)(F)F. The molecule has 3 aromatic rings. The van der Waals surface area contributed by atoms with E-state index in [0.717, 1.165) is 42.0 Å². The second-order valence-electron chi connectivity index (χ2n) is 8.23. The number of carbonyl (C=O) groups excluding carboxylic acids is 1. The zero-order valence-electron chi connectivity index (χ0n) is 18.3. The minimum Gasteiger partial charge on any atom is -0.611 e. The molecule has 2 atom stereocenters. The number of amides is 1. The van der Waals surface area contributed by atoms with E-state index in [1.54, 1.807) is 6.07 Å². The first-order chi connectivity index (χ1) is 16.9. The van der Waals surface area contributed by atoms with Crippen LogP contribution in [0.3, 0.4) is 0 Å². The summed E-state index contributed by atoms with van der Waals surface area (Å²) in [4.78, 5) is 12.8. The third-order valence-electron chi connectivity index (χ3n) is 5.88. The van der Waals surface area contributed by atoms with Gasteiger partial charge >= 0.3 is 12.4 Å². The predicted molar refractivity (Wildman–Crippen MR) is 119 cm³/mol. The van der Waals surface area contributed by atoms with Crippen LogP contribution in [0.5, 0.6) is 0 Å². The molecular formula is C25H18F7NO2S. The molecule has 0 aliphatic heterocycles. The monoisotopic (exact) mass is 529 g/mol. The Hall–Kier alpha value is -3.05. The Morgan fingerprint density at radius 2 is 1.64 bits per heavy atom. The molecule has 0 heterocycles. The highest BCUT2D eigenvalue weighted by Crippen LogP contribution is 2.41. The number of alkyl halides is 6. The van der Waals surface area contributed by atoms with Gasteiger partial charge in [0.25, 0.3) is 5.91 Å². The van der Waals surface area contributed by atoms with Crippen LogP contribution in [0.15, 0.2) is 65.6 Å². The number of halogens is 7. The van der Waals surface area contributed by atoms with E-state index in [1.165, 1.54) is 12.1 Å². The number of carbonyl (C=O) groups is 1. The van der Waals surface area contributed by atoms with Gasteiger partial charge in [-0.3, -0.25) is 4.79 Å². The zero-order valence-corrected chi connectivity index (χ0v) is 19.2. The van der Waals surface area contributed by atoms with Crippen molar-refractivity contribution in [2.75, 3.05) is 5.32 Å². The minimum absolute atomic E-state index is 0.0754. The molecule has 1 N–H and O–H groups in total. The Morgan fingerprint density at radius 1 is 0.944 bits per heavy atom. The molecule has 0 fully saturated rings. The summed E-state index contributed by atoms with van der Waals surface area (Å²) < 4.78 is 106. The lowest BCUT2D eigenvalue weighted by atomic mass is 9.91. The maximum absolute atomic E-state index is 14.2. The van der Waals surface area contributed by atoms with Crippen LogP contribution >= 0.6 is 0 Å². The first-order valence-electron chi connectivity index (χ1n) is 10.7. The molecule has 1 aliphatic rings. The van der Waals surface area contributed by atoms with Gasteiger partial charge in [-0.05, 0) is 78.1 Å². The van der Waals surface area contributed by atoms with Gasteiger partial charge in [0.1, 0.15) is 11.1 Å². The molecule has 190 valence electrons. The molecule has 0 spiro atoms. The van der Waals surface area contributed by atoms with Gasteiger partial charge in [0.15, 0.2) is 4.90 Å². The van der Waals surface area contributed by atoms with Crippen LogP contribution in [0.25, 0.3) is 0 Å².